The van der Waals surface area contributed by atoms with Gasteiger partial charge in [0.15, 0.2) is 0 Å². The van der Waals surface area contributed by atoms with Crippen molar-refractivity contribution in [2.45, 2.75) is 13.5 Å². The van der Waals surface area contributed by atoms with Gasteiger partial charge in [0.25, 0.3) is 0 Å². The molecule has 0 spiro atoms. The minimum atomic E-state index is 0.303. The fourth-order valence-electron chi connectivity index (χ4n) is 0.972. The van der Waals surface area contributed by atoms with E-state index >= 15 is 0 Å². The summed E-state index contributed by atoms with van der Waals surface area (Å²) in [4.78, 5) is 0. The fourth-order valence-corrected chi connectivity index (χ4v) is 0.972. The van der Waals surface area contributed by atoms with Gasteiger partial charge < -0.3 is 10.4 Å². The van der Waals surface area contributed by atoms with E-state index in [1.807, 2.05) is 19.1 Å². The summed E-state index contributed by atoms with van der Waals surface area (Å²) in [6.07, 6.45) is 0. The van der Waals surface area contributed by atoms with Gasteiger partial charge in [0.05, 0.1) is 6.54 Å². The molecule has 0 amide bonds. The molecular weight excluding hydrogens is 162 g/mol. The highest BCUT2D eigenvalue weighted by molar-refractivity contribution is 5.25. The van der Waals surface area contributed by atoms with Crippen LogP contribution >= 0.6 is 0 Å². The molecule has 1 rings (SSSR count). The second-order valence-corrected chi connectivity index (χ2v) is 2.70. The maximum absolute atomic E-state index is 9.02. The fraction of sp³-hybridized carbons (Fsp3) is 0.273. The van der Waals surface area contributed by atoms with Crippen LogP contribution in [0.5, 0.6) is 5.75 Å². The largest absolute Gasteiger partial charge is 0.508 e. The molecule has 2 nitrogen and oxygen atoms in total. The second kappa shape index (κ2) is 5.23. The Morgan fingerprint density at radius 2 is 2.00 bits per heavy atom. The molecule has 0 saturated carbocycles. The number of benzene rings is 1. The Bertz CT molecular complexity index is 305. The number of nitrogens with one attached hydrogen (secondary N) is 1. The lowest BCUT2D eigenvalue weighted by Crippen LogP contribution is -2.12. The first kappa shape index (κ1) is 9.63. The first-order valence-electron chi connectivity index (χ1n) is 4.21. The van der Waals surface area contributed by atoms with Crippen molar-refractivity contribution in [3.05, 3.63) is 29.8 Å². The van der Waals surface area contributed by atoms with Crippen LogP contribution in [0.15, 0.2) is 24.3 Å². The molecule has 1 aromatic carbocycles. The summed E-state index contributed by atoms with van der Waals surface area (Å²) in [5, 5.41) is 12.2. The molecule has 0 saturated heterocycles. The van der Waals surface area contributed by atoms with E-state index in [1.54, 1.807) is 12.1 Å². The predicted octanol–water partition coefficient (Wildman–Crippen LogP) is 1.51. The molecule has 68 valence electrons. The van der Waals surface area contributed by atoms with E-state index in [2.05, 4.69) is 17.2 Å². The van der Waals surface area contributed by atoms with Crippen molar-refractivity contribution in [3.8, 4) is 17.6 Å². The van der Waals surface area contributed by atoms with E-state index in [4.69, 9.17) is 5.11 Å². The summed E-state index contributed by atoms with van der Waals surface area (Å²) in [6, 6.07) is 7.15. The molecule has 0 radical (unpaired) electrons. The SMILES string of the molecule is CC#CCNCc1ccc(O)cc1. The zero-order chi connectivity index (χ0) is 9.52. The highest BCUT2D eigenvalue weighted by Gasteiger charge is 1.90. The van der Waals surface area contributed by atoms with Crippen LogP contribution in [-0.2, 0) is 6.54 Å². The molecule has 2 heteroatoms. The molecule has 0 aromatic heterocycles. The normalized spacial score (nSPS) is 9.00. The van der Waals surface area contributed by atoms with Crippen molar-refractivity contribution < 1.29 is 5.11 Å². The van der Waals surface area contributed by atoms with Gasteiger partial charge in [-0.05, 0) is 24.6 Å². The minimum absolute atomic E-state index is 0.303. The molecule has 0 atom stereocenters. The van der Waals surface area contributed by atoms with Gasteiger partial charge in [0.2, 0.25) is 0 Å². The molecule has 1 aromatic rings. The molecular formula is C11H13NO. The standard InChI is InChI=1S/C11H13NO/c1-2-3-8-12-9-10-4-6-11(13)7-5-10/h4-7,12-13H,8-9H2,1H3. The number of aromatic hydroxyl groups is 1. The molecule has 0 aliphatic rings. The lowest BCUT2D eigenvalue weighted by molar-refractivity contribution is 0.475. The average Bonchev–Trinajstić information content (AvgIpc) is 2.15. The van der Waals surface area contributed by atoms with Crippen LogP contribution < -0.4 is 5.32 Å². The van der Waals surface area contributed by atoms with Crippen LogP contribution in [0.4, 0.5) is 0 Å². The molecule has 0 aliphatic carbocycles. The molecule has 13 heavy (non-hydrogen) atoms. The second-order valence-electron chi connectivity index (χ2n) is 2.70. The first-order valence-corrected chi connectivity index (χ1v) is 4.21. The quantitative estimate of drug-likeness (QED) is 0.539. The van der Waals surface area contributed by atoms with Crippen LogP contribution in [0.3, 0.4) is 0 Å². The van der Waals surface area contributed by atoms with Crippen LogP contribution in [0.1, 0.15) is 12.5 Å². The van der Waals surface area contributed by atoms with E-state index < -0.39 is 0 Å². The van der Waals surface area contributed by atoms with Gasteiger partial charge in [-0.2, -0.15) is 0 Å². The van der Waals surface area contributed by atoms with Gasteiger partial charge in [0.1, 0.15) is 5.75 Å². The third-order valence-electron chi connectivity index (χ3n) is 1.66. The van der Waals surface area contributed by atoms with E-state index in [-0.39, 0.29) is 0 Å². The smallest absolute Gasteiger partial charge is 0.115 e. The zero-order valence-corrected chi connectivity index (χ0v) is 7.67. The lowest BCUT2D eigenvalue weighted by Gasteiger charge is -2.00. The highest BCUT2D eigenvalue weighted by atomic mass is 16.3. The van der Waals surface area contributed by atoms with Crippen molar-refractivity contribution in [2.75, 3.05) is 6.54 Å². The van der Waals surface area contributed by atoms with Crippen LogP contribution in [0, 0.1) is 11.8 Å². The van der Waals surface area contributed by atoms with Gasteiger partial charge in [-0.25, -0.2) is 0 Å². The number of phenolic OH excluding ortho intramolecular Hbond substituents is 1. The summed E-state index contributed by atoms with van der Waals surface area (Å²) in [7, 11) is 0. The Hall–Kier alpha value is -1.46. The van der Waals surface area contributed by atoms with Crippen molar-refractivity contribution in [3.63, 3.8) is 0 Å². The zero-order valence-electron chi connectivity index (χ0n) is 7.67. The maximum atomic E-state index is 9.02. The molecule has 2 N–H and O–H groups in total. The van der Waals surface area contributed by atoms with E-state index in [1.165, 1.54) is 0 Å². The Labute approximate surface area is 78.6 Å². The van der Waals surface area contributed by atoms with Gasteiger partial charge >= 0.3 is 0 Å². The Kier molecular flexibility index (Phi) is 3.87. The summed E-state index contributed by atoms with van der Waals surface area (Å²) in [5.41, 5.74) is 1.15. The number of hydrogen-bond donors (Lipinski definition) is 2. The predicted molar refractivity (Wildman–Crippen MR) is 53.3 cm³/mol. The van der Waals surface area contributed by atoms with Gasteiger partial charge in [-0.1, -0.05) is 18.1 Å². The number of rotatable bonds is 3. The molecule has 0 aliphatic heterocycles. The molecule has 0 unspecified atom stereocenters. The summed E-state index contributed by atoms with van der Waals surface area (Å²) >= 11 is 0. The van der Waals surface area contributed by atoms with Gasteiger partial charge in [-0.15, -0.1) is 5.92 Å². The lowest BCUT2D eigenvalue weighted by atomic mass is 10.2. The van der Waals surface area contributed by atoms with Crippen LogP contribution in [0.2, 0.25) is 0 Å². The van der Waals surface area contributed by atoms with Crippen molar-refractivity contribution in [1.29, 1.82) is 0 Å². The molecule has 0 heterocycles. The molecule has 0 fully saturated rings. The van der Waals surface area contributed by atoms with Crippen molar-refractivity contribution in [2.24, 2.45) is 0 Å². The number of hydrogen-bond acceptors (Lipinski definition) is 2. The maximum Gasteiger partial charge on any atom is 0.115 e. The first-order chi connectivity index (χ1) is 6.33. The summed E-state index contributed by atoms with van der Waals surface area (Å²) < 4.78 is 0. The Morgan fingerprint density at radius 1 is 1.31 bits per heavy atom. The minimum Gasteiger partial charge on any atom is -0.508 e. The van der Waals surface area contributed by atoms with E-state index in [0.29, 0.717) is 12.3 Å². The van der Waals surface area contributed by atoms with Crippen LogP contribution in [0.25, 0.3) is 0 Å². The number of phenols is 1. The van der Waals surface area contributed by atoms with Crippen molar-refractivity contribution in [1.82, 2.24) is 5.32 Å². The summed E-state index contributed by atoms with van der Waals surface area (Å²) in [5.74, 6) is 6.03. The van der Waals surface area contributed by atoms with Crippen molar-refractivity contribution >= 4 is 0 Å². The van der Waals surface area contributed by atoms with E-state index in [0.717, 1.165) is 12.1 Å². The van der Waals surface area contributed by atoms with Gasteiger partial charge in [0, 0.05) is 6.54 Å². The monoisotopic (exact) mass is 175 g/mol. The Balaban J connectivity index is 2.36. The van der Waals surface area contributed by atoms with Gasteiger partial charge in [-0.3, -0.25) is 0 Å². The highest BCUT2D eigenvalue weighted by Crippen LogP contribution is 2.08. The Morgan fingerprint density at radius 3 is 2.62 bits per heavy atom. The third-order valence-corrected chi connectivity index (χ3v) is 1.66. The average molecular weight is 175 g/mol. The topological polar surface area (TPSA) is 32.3 Å². The molecule has 0 bridgehead atoms. The summed E-state index contributed by atoms with van der Waals surface area (Å²) in [6.45, 7) is 3.31. The van der Waals surface area contributed by atoms with E-state index in [9.17, 15) is 0 Å². The van der Waals surface area contributed by atoms with Crippen LogP contribution in [-0.4, -0.2) is 11.7 Å². The third kappa shape index (κ3) is 3.64.